The molecule has 0 radical (unpaired) electrons. The lowest BCUT2D eigenvalue weighted by Gasteiger charge is -2.19. The number of amides is 1. The third kappa shape index (κ3) is 4.36. The van der Waals surface area contributed by atoms with Crippen molar-refractivity contribution in [3.63, 3.8) is 0 Å². The Labute approximate surface area is 152 Å². The molecule has 2 aromatic rings. The maximum Gasteiger partial charge on any atom is 0.360 e. The number of ether oxygens (including phenoxy) is 1. The number of aryl methyl sites for hydroxylation is 1. The summed E-state index contributed by atoms with van der Waals surface area (Å²) in [6.45, 7) is 8.93. The number of nitrogens with one attached hydrogen (secondary N) is 1. The average Bonchev–Trinajstić information content (AvgIpc) is 2.55. The second-order valence-electron chi connectivity index (χ2n) is 6.92. The summed E-state index contributed by atoms with van der Waals surface area (Å²) >= 11 is 0. The van der Waals surface area contributed by atoms with Gasteiger partial charge in [0.1, 0.15) is 0 Å². The normalized spacial score (nSPS) is 11.1. The Bertz CT molecular complexity index is 877. The van der Waals surface area contributed by atoms with E-state index in [9.17, 15) is 14.4 Å². The van der Waals surface area contributed by atoms with Crippen LogP contribution in [0.25, 0.3) is 5.69 Å². The van der Waals surface area contributed by atoms with Crippen LogP contribution in [0, 0.1) is 12.3 Å². The zero-order valence-corrected chi connectivity index (χ0v) is 15.6. The predicted octanol–water partition coefficient (Wildman–Crippen LogP) is 2.70. The van der Waals surface area contributed by atoms with E-state index in [-0.39, 0.29) is 23.9 Å². The van der Waals surface area contributed by atoms with Crippen LogP contribution >= 0.6 is 0 Å². The molecule has 0 aliphatic carbocycles. The van der Waals surface area contributed by atoms with Crippen molar-refractivity contribution < 1.29 is 14.3 Å². The summed E-state index contributed by atoms with van der Waals surface area (Å²) in [4.78, 5) is 37.1. The standard InChI is InChI=1S/C19H23N3O4/c1-6-26-17(24)16-14(20-18(25)19(3,4)5)11-15(23)22(21-16)13-9-7-12(2)8-10-13/h7-11H,6H2,1-5H3,(H,20,25). The summed E-state index contributed by atoms with van der Waals surface area (Å²) in [5.74, 6) is -1.05. The molecule has 2 rings (SSSR count). The van der Waals surface area contributed by atoms with E-state index in [4.69, 9.17) is 4.74 Å². The minimum Gasteiger partial charge on any atom is -0.461 e. The maximum atomic E-state index is 12.5. The number of benzene rings is 1. The molecular weight excluding hydrogens is 334 g/mol. The van der Waals surface area contributed by atoms with Crippen molar-refractivity contribution in [2.45, 2.75) is 34.6 Å². The minimum absolute atomic E-state index is 0.0386. The molecule has 0 fully saturated rings. The summed E-state index contributed by atoms with van der Waals surface area (Å²) in [5, 5.41) is 6.74. The predicted molar refractivity (Wildman–Crippen MR) is 98.6 cm³/mol. The lowest BCUT2D eigenvalue weighted by molar-refractivity contribution is -0.123. The van der Waals surface area contributed by atoms with E-state index >= 15 is 0 Å². The number of hydrogen-bond acceptors (Lipinski definition) is 5. The SMILES string of the molecule is CCOC(=O)c1nn(-c2ccc(C)cc2)c(=O)cc1NC(=O)C(C)(C)C. The lowest BCUT2D eigenvalue weighted by atomic mass is 9.95. The first-order valence-corrected chi connectivity index (χ1v) is 8.33. The molecule has 0 bridgehead atoms. The third-order valence-electron chi connectivity index (χ3n) is 3.61. The Balaban J connectivity index is 2.56. The molecule has 0 atom stereocenters. The van der Waals surface area contributed by atoms with E-state index in [1.165, 1.54) is 6.07 Å². The number of anilines is 1. The molecule has 0 aliphatic rings. The van der Waals surface area contributed by atoms with Crippen molar-refractivity contribution in [3.8, 4) is 5.69 Å². The average molecular weight is 357 g/mol. The fourth-order valence-corrected chi connectivity index (χ4v) is 2.08. The molecule has 1 heterocycles. The van der Waals surface area contributed by atoms with E-state index < -0.39 is 16.9 Å². The Kier molecular flexibility index (Phi) is 5.59. The van der Waals surface area contributed by atoms with Gasteiger partial charge < -0.3 is 10.1 Å². The van der Waals surface area contributed by atoms with Gasteiger partial charge in [-0.15, -0.1) is 0 Å². The molecule has 7 nitrogen and oxygen atoms in total. The largest absolute Gasteiger partial charge is 0.461 e. The van der Waals surface area contributed by atoms with Crippen molar-refractivity contribution >= 4 is 17.6 Å². The lowest BCUT2D eigenvalue weighted by Crippen LogP contribution is -2.31. The number of hydrogen-bond donors (Lipinski definition) is 1. The van der Waals surface area contributed by atoms with E-state index in [0.29, 0.717) is 5.69 Å². The van der Waals surface area contributed by atoms with Gasteiger partial charge in [0, 0.05) is 11.5 Å². The summed E-state index contributed by atoms with van der Waals surface area (Å²) in [6, 6.07) is 8.31. The molecule has 0 spiro atoms. The molecule has 26 heavy (non-hydrogen) atoms. The van der Waals surface area contributed by atoms with Crippen molar-refractivity contribution in [2.75, 3.05) is 11.9 Å². The number of aromatic nitrogens is 2. The van der Waals surface area contributed by atoms with Gasteiger partial charge in [-0.3, -0.25) is 9.59 Å². The van der Waals surface area contributed by atoms with Crippen LogP contribution in [0.2, 0.25) is 0 Å². The van der Waals surface area contributed by atoms with E-state index in [1.54, 1.807) is 39.8 Å². The number of carbonyl (C=O) groups is 2. The molecule has 0 unspecified atom stereocenters. The first-order valence-electron chi connectivity index (χ1n) is 8.33. The van der Waals surface area contributed by atoms with Gasteiger partial charge in [-0.2, -0.15) is 9.78 Å². The van der Waals surface area contributed by atoms with Crippen LogP contribution in [0.5, 0.6) is 0 Å². The first-order chi connectivity index (χ1) is 12.1. The molecule has 1 aromatic carbocycles. The van der Waals surface area contributed by atoms with Gasteiger partial charge in [0.05, 0.1) is 18.0 Å². The highest BCUT2D eigenvalue weighted by molar-refractivity contribution is 6.01. The quantitative estimate of drug-likeness (QED) is 0.850. The summed E-state index contributed by atoms with van der Waals surface area (Å²) in [6.07, 6.45) is 0. The maximum absolute atomic E-state index is 12.5. The minimum atomic E-state index is -0.711. The van der Waals surface area contributed by atoms with Gasteiger partial charge >= 0.3 is 5.97 Å². The van der Waals surface area contributed by atoms with Gasteiger partial charge in [-0.05, 0) is 26.0 Å². The third-order valence-corrected chi connectivity index (χ3v) is 3.61. The first kappa shape index (κ1) is 19.4. The van der Waals surface area contributed by atoms with Crippen molar-refractivity contribution in [1.82, 2.24) is 9.78 Å². The smallest absolute Gasteiger partial charge is 0.360 e. The Morgan fingerprint density at radius 3 is 2.35 bits per heavy atom. The molecule has 0 aliphatic heterocycles. The molecular formula is C19H23N3O4. The van der Waals surface area contributed by atoms with Crippen LogP contribution in [-0.4, -0.2) is 28.3 Å². The second-order valence-corrected chi connectivity index (χ2v) is 6.92. The molecule has 0 saturated carbocycles. The number of esters is 1. The zero-order chi connectivity index (χ0) is 19.5. The fourth-order valence-electron chi connectivity index (χ4n) is 2.08. The van der Waals surface area contributed by atoms with Crippen LogP contribution < -0.4 is 10.9 Å². The number of rotatable bonds is 4. The molecule has 7 heteroatoms. The van der Waals surface area contributed by atoms with E-state index in [2.05, 4.69) is 10.4 Å². The Morgan fingerprint density at radius 1 is 1.19 bits per heavy atom. The monoisotopic (exact) mass is 357 g/mol. The van der Waals surface area contributed by atoms with Gasteiger partial charge in [-0.1, -0.05) is 38.5 Å². The molecule has 1 N–H and O–H groups in total. The highest BCUT2D eigenvalue weighted by Gasteiger charge is 2.25. The highest BCUT2D eigenvalue weighted by atomic mass is 16.5. The van der Waals surface area contributed by atoms with Crippen LogP contribution in [0.4, 0.5) is 5.69 Å². The number of nitrogens with zero attached hydrogens (tertiary/aromatic N) is 2. The summed E-state index contributed by atoms with van der Waals surface area (Å²) in [5.41, 5.74) is 0.298. The second kappa shape index (κ2) is 7.51. The van der Waals surface area contributed by atoms with Crippen LogP contribution in [0.1, 0.15) is 43.7 Å². The van der Waals surface area contributed by atoms with Gasteiger partial charge in [0.2, 0.25) is 5.91 Å². The van der Waals surface area contributed by atoms with Crippen molar-refractivity contribution in [1.29, 1.82) is 0 Å². The van der Waals surface area contributed by atoms with Crippen LogP contribution in [-0.2, 0) is 9.53 Å². The van der Waals surface area contributed by atoms with Crippen LogP contribution in [0.3, 0.4) is 0 Å². The van der Waals surface area contributed by atoms with Crippen molar-refractivity contribution in [3.05, 3.63) is 51.9 Å². The van der Waals surface area contributed by atoms with Crippen LogP contribution in [0.15, 0.2) is 35.1 Å². The topological polar surface area (TPSA) is 90.3 Å². The molecule has 138 valence electrons. The zero-order valence-electron chi connectivity index (χ0n) is 15.6. The fraction of sp³-hybridized carbons (Fsp3) is 0.368. The molecule has 0 saturated heterocycles. The van der Waals surface area contributed by atoms with E-state index in [0.717, 1.165) is 10.2 Å². The summed E-state index contributed by atoms with van der Waals surface area (Å²) in [7, 11) is 0. The van der Waals surface area contributed by atoms with Gasteiger partial charge in [-0.25, -0.2) is 4.79 Å². The highest BCUT2D eigenvalue weighted by Crippen LogP contribution is 2.19. The van der Waals surface area contributed by atoms with Gasteiger partial charge in [0.25, 0.3) is 5.56 Å². The summed E-state index contributed by atoms with van der Waals surface area (Å²) < 4.78 is 6.13. The van der Waals surface area contributed by atoms with Gasteiger partial charge in [0.15, 0.2) is 5.69 Å². The number of carbonyl (C=O) groups excluding carboxylic acids is 2. The Morgan fingerprint density at radius 2 is 1.81 bits per heavy atom. The molecule has 1 amide bonds. The molecule has 1 aromatic heterocycles. The Hall–Kier alpha value is -2.96. The van der Waals surface area contributed by atoms with E-state index in [1.807, 2.05) is 19.1 Å². The van der Waals surface area contributed by atoms with Crippen molar-refractivity contribution in [2.24, 2.45) is 5.41 Å².